The van der Waals surface area contributed by atoms with E-state index in [1.165, 1.54) is 25.9 Å². The summed E-state index contributed by atoms with van der Waals surface area (Å²) in [5.74, 6) is 0.511. The maximum atomic E-state index is 11.7. The number of rotatable bonds is 8. The molecule has 0 spiro atoms. The fraction of sp³-hybridized carbons (Fsp3) is 0.938. The van der Waals surface area contributed by atoms with Crippen molar-refractivity contribution in [3.8, 4) is 0 Å². The Morgan fingerprint density at radius 2 is 2.05 bits per heavy atom. The molecule has 0 aromatic carbocycles. The number of primary amides is 1. The van der Waals surface area contributed by atoms with Gasteiger partial charge in [0, 0.05) is 12.6 Å². The van der Waals surface area contributed by atoms with Crippen molar-refractivity contribution in [2.75, 3.05) is 40.3 Å². The fourth-order valence-electron chi connectivity index (χ4n) is 3.23. The van der Waals surface area contributed by atoms with Gasteiger partial charge in [0.2, 0.25) is 5.91 Å². The molecule has 1 fully saturated rings. The van der Waals surface area contributed by atoms with E-state index in [2.05, 4.69) is 36.1 Å². The Labute approximate surface area is 130 Å². The first-order valence-corrected chi connectivity index (χ1v) is 8.22. The standard InChI is InChI=1S/C16H34N4O/c1-6-18-16(3,15(17)21)11-13(2)20(5)12-14-7-9-19(4)10-8-14/h13-14,18H,6-12H2,1-5H3,(H2,17,21). The van der Waals surface area contributed by atoms with Crippen LogP contribution in [-0.4, -0.2) is 67.6 Å². The molecule has 0 aromatic heterocycles. The van der Waals surface area contributed by atoms with Gasteiger partial charge in [0.15, 0.2) is 0 Å². The summed E-state index contributed by atoms with van der Waals surface area (Å²) in [7, 11) is 4.35. The van der Waals surface area contributed by atoms with Crippen LogP contribution in [-0.2, 0) is 4.79 Å². The minimum Gasteiger partial charge on any atom is -0.368 e. The summed E-state index contributed by atoms with van der Waals surface area (Å²) in [5, 5.41) is 3.25. The summed E-state index contributed by atoms with van der Waals surface area (Å²) in [6.45, 7) is 10.4. The Hall–Kier alpha value is -0.650. The lowest BCUT2D eigenvalue weighted by Gasteiger charge is -2.37. The van der Waals surface area contributed by atoms with Gasteiger partial charge in [-0.15, -0.1) is 0 Å². The van der Waals surface area contributed by atoms with E-state index < -0.39 is 5.54 Å². The van der Waals surface area contributed by atoms with Crippen molar-refractivity contribution in [2.45, 2.75) is 51.6 Å². The topological polar surface area (TPSA) is 61.6 Å². The van der Waals surface area contributed by atoms with Gasteiger partial charge in [-0.25, -0.2) is 0 Å². The van der Waals surface area contributed by atoms with Crippen LogP contribution >= 0.6 is 0 Å². The van der Waals surface area contributed by atoms with E-state index >= 15 is 0 Å². The van der Waals surface area contributed by atoms with Crippen molar-refractivity contribution in [2.24, 2.45) is 11.7 Å². The molecule has 1 heterocycles. The van der Waals surface area contributed by atoms with E-state index in [9.17, 15) is 4.79 Å². The quantitative estimate of drug-likeness (QED) is 0.699. The number of carbonyl (C=O) groups is 1. The van der Waals surface area contributed by atoms with Crippen LogP contribution in [0.25, 0.3) is 0 Å². The van der Waals surface area contributed by atoms with E-state index in [-0.39, 0.29) is 5.91 Å². The molecular formula is C16H34N4O. The zero-order chi connectivity index (χ0) is 16.0. The highest BCUT2D eigenvalue weighted by atomic mass is 16.1. The van der Waals surface area contributed by atoms with Crippen LogP contribution in [0.1, 0.15) is 40.0 Å². The molecule has 2 unspecified atom stereocenters. The molecule has 1 saturated heterocycles. The highest BCUT2D eigenvalue weighted by Crippen LogP contribution is 2.20. The Kier molecular flexibility index (Phi) is 7.10. The van der Waals surface area contributed by atoms with Crippen LogP contribution in [0.4, 0.5) is 0 Å². The number of amides is 1. The summed E-state index contributed by atoms with van der Waals surface area (Å²) in [6, 6.07) is 0.334. The van der Waals surface area contributed by atoms with Gasteiger partial charge in [-0.2, -0.15) is 0 Å². The number of nitrogens with one attached hydrogen (secondary N) is 1. The van der Waals surface area contributed by atoms with Crippen LogP contribution in [0.5, 0.6) is 0 Å². The van der Waals surface area contributed by atoms with Crippen molar-refractivity contribution in [3.63, 3.8) is 0 Å². The lowest BCUT2D eigenvalue weighted by atomic mass is 9.91. The molecule has 1 aliphatic rings. The van der Waals surface area contributed by atoms with Gasteiger partial charge in [-0.1, -0.05) is 6.92 Å². The van der Waals surface area contributed by atoms with Gasteiger partial charge in [0.1, 0.15) is 0 Å². The highest BCUT2D eigenvalue weighted by molar-refractivity contribution is 5.84. The summed E-state index contributed by atoms with van der Waals surface area (Å²) in [4.78, 5) is 16.5. The molecule has 0 bridgehead atoms. The Morgan fingerprint density at radius 3 is 2.52 bits per heavy atom. The van der Waals surface area contributed by atoms with Crippen molar-refractivity contribution >= 4 is 5.91 Å². The minimum atomic E-state index is -0.616. The van der Waals surface area contributed by atoms with Gasteiger partial charge in [-0.3, -0.25) is 4.79 Å². The molecule has 3 N–H and O–H groups in total. The zero-order valence-corrected chi connectivity index (χ0v) is 14.5. The predicted octanol–water partition coefficient (Wildman–Crippen LogP) is 0.892. The van der Waals surface area contributed by atoms with Crippen LogP contribution in [0.3, 0.4) is 0 Å². The van der Waals surface area contributed by atoms with E-state index in [0.29, 0.717) is 6.04 Å². The maximum absolute atomic E-state index is 11.7. The molecule has 0 radical (unpaired) electrons. The Morgan fingerprint density at radius 1 is 1.48 bits per heavy atom. The number of piperidine rings is 1. The average molecular weight is 298 g/mol. The van der Waals surface area contributed by atoms with Crippen molar-refractivity contribution in [1.82, 2.24) is 15.1 Å². The fourth-order valence-corrected chi connectivity index (χ4v) is 3.23. The van der Waals surface area contributed by atoms with Gasteiger partial charge in [-0.05, 0) is 72.8 Å². The number of nitrogens with zero attached hydrogens (tertiary/aromatic N) is 2. The molecule has 5 heteroatoms. The molecule has 2 atom stereocenters. The third-order valence-electron chi connectivity index (χ3n) is 4.95. The van der Waals surface area contributed by atoms with Crippen molar-refractivity contribution in [3.05, 3.63) is 0 Å². The average Bonchev–Trinajstić information content (AvgIpc) is 2.41. The van der Waals surface area contributed by atoms with Crippen molar-refractivity contribution < 1.29 is 4.79 Å². The van der Waals surface area contributed by atoms with Gasteiger partial charge < -0.3 is 20.9 Å². The molecular weight excluding hydrogens is 264 g/mol. The SMILES string of the molecule is CCNC(C)(CC(C)N(C)CC1CCN(C)CC1)C(N)=O. The van der Waals surface area contributed by atoms with Crippen LogP contribution in [0.15, 0.2) is 0 Å². The number of hydrogen-bond acceptors (Lipinski definition) is 4. The summed E-state index contributed by atoms with van der Waals surface area (Å²) >= 11 is 0. The first-order chi connectivity index (χ1) is 9.78. The predicted molar refractivity (Wildman–Crippen MR) is 88.2 cm³/mol. The molecule has 5 nitrogen and oxygen atoms in total. The molecule has 1 rings (SSSR count). The summed E-state index contributed by atoms with van der Waals surface area (Å²) in [5.41, 5.74) is 4.96. The molecule has 0 aliphatic carbocycles. The second kappa shape index (κ2) is 8.11. The summed E-state index contributed by atoms with van der Waals surface area (Å²) in [6.07, 6.45) is 3.29. The normalized spacial score (nSPS) is 22.2. The summed E-state index contributed by atoms with van der Waals surface area (Å²) < 4.78 is 0. The third kappa shape index (κ3) is 5.57. The number of hydrogen-bond donors (Lipinski definition) is 2. The molecule has 124 valence electrons. The monoisotopic (exact) mass is 298 g/mol. The van der Waals surface area contributed by atoms with Crippen LogP contribution < -0.4 is 11.1 Å². The van der Waals surface area contributed by atoms with Crippen LogP contribution in [0.2, 0.25) is 0 Å². The number of carbonyl (C=O) groups excluding carboxylic acids is 1. The minimum absolute atomic E-state index is 0.260. The molecule has 1 aliphatic heterocycles. The van der Waals surface area contributed by atoms with E-state index in [4.69, 9.17) is 5.73 Å². The van der Waals surface area contributed by atoms with Crippen molar-refractivity contribution in [1.29, 1.82) is 0 Å². The van der Waals surface area contributed by atoms with Gasteiger partial charge in [0.25, 0.3) is 0 Å². The Balaban J connectivity index is 2.49. The number of nitrogens with two attached hydrogens (primary N) is 1. The highest BCUT2D eigenvalue weighted by Gasteiger charge is 2.33. The number of likely N-dealkylation sites (N-methyl/N-ethyl adjacent to an activating group) is 1. The lowest BCUT2D eigenvalue weighted by Crippen LogP contribution is -2.56. The largest absolute Gasteiger partial charge is 0.368 e. The zero-order valence-electron chi connectivity index (χ0n) is 14.5. The second-order valence-electron chi connectivity index (χ2n) is 6.97. The van der Waals surface area contributed by atoms with E-state index in [0.717, 1.165) is 25.4 Å². The molecule has 21 heavy (non-hydrogen) atoms. The van der Waals surface area contributed by atoms with E-state index in [1.807, 2.05) is 13.8 Å². The molecule has 1 amide bonds. The smallest absolute Gasteiger partial charge is 0.237 e. The first-order valence-electron chi connectivity index (χ1n) is 8.22. The third-order valence-corrected chi connectivity index (χ3v) is 4.95. The molecule has 0 aromatic rings. The van der Waals surface area contributed by atoms with Gasteiger partial charge >= 0.3 is 0 Å². The first kappa shape index (κ1) is 18.4. The van der Waals surface area contributed by atoms with Gasteiger partial charge in [0.05, 0.1) is 5.54 Å². The second-order valence-corrected chi connectivity index (χ2v) is 6.97. The lowest BCUT2D eigenvalue weighted by molar-refractivity contribution is -0.124. The Bertz CT molecular complexity index is 328. The maximum Gasteiger partial charge on any atom is 0.237 e. The molecule has 0 saturated carbocycles. The number of likely N-dealkylation sites (tertiary alicyclic amines) is 1. The van der Waals surface area contributed by atoms with Crippen LogP contribution in [0, 0.1) is 5.92 Å². The van der Waals surface area contributed by atoms with E-state index in [1.54, 1.807) is 0 Å².